The molecule has 1 aromatic rings. The first kappa shape index (κ1) is 16.8. The summed E-state index contributed by atoms with van der Waals surface area (Å²) >= 11 is 5.19. The Kier molecular flexibility index (Phi) is 5.26. The highest BCUT2D eigenvalue weighted by atomic mass is 79.9. The lowest BCUT2D eigenvalue weighted by Crippen LogP contribution is -2.51. The summed E-state index contributed by atoms with van der Waals surface area (Å²) in [5.41, 5.74) is 1.32. The fourth-order valence-corrected chi connectivity index (χ4v) is 4.65. The largest absolute Gasteiger partial charge is 0.357 e. The van der Waals surface area contributed by atoms with E-state index in [1.165, 1.54) is 5.56 Å². The van der Waals surface area contributed by atoms with Crippen LogP contribution in [0.15, 0.2) is 20.2 Å². The lowest BCUT2D eigenvalue weighted by Gasteiger charge is -2.40. The van der Waals surface area contributed by atoms with E-state index in [9.17, 15) is 4.79 Å². The van der Waals surface area contributed by atoms with Crippen molar-refractivity contribution in [2.45, 2.75) is 32.7 Å². The molecule has 1 unspecified atom stereocenters. The first-order valence-corrected chi connectivity index (χ1v) is 9.80. The number of halogens is 1. The SMILES string of the molecule is CCNC(=NCc1csc(Br)c1)N1CCCC2(CNC(=O)C2)C1. The van der Waals surface area contributed by atoms with E-state index in [0.29, 0.717) is 13.0 Å². The molecule has 0 aliphatic carbocycles. The zero-order valence-electron chi connectivity index (χ0n) is 13.4. The zero-order chi connectivity index (χ0) is 16.3. The molecular weight excluding hydrogens is 376 g/mol. The van der Waals surface area contributed by atoms with Crippen LogP contribution >= 0.6 is 27.3 Å². The number of thiophene rings is 1. The van der Waals surface area contributed by atoms with Gasteiger partial charge in [0.05, 0.1) is 10.3 Å². The van der Waals surface area contributed by atoms with Gasteiger partial charge in [-0.15, -0.1) is 11.3 Å². The van der Waals surface area contributed by atoms with Gasteiger partial charge in [-0.25, -0.2) is 4.99 Å². The van der Waals surface area contributed by atoms with Gasteiger partial charge in [0.2, 0.25) is 5.91 Å². The van der Waals surface area contributed by atoms with Gasteiger partial charge >= 0.3 is 0 Å². The Morgan fingerprint density at radius 2 is 2.48 bits per heavy atom. The molecule has 23 heavy (non-hydrogen) atoms. The number of carbonyl (C=O) groups excluding carboxylic acids is 1. The molecule has 3 rings (SSSR count). The van der Waals surface area contributed by atoms with E-state index in [0.717, 1.165) is 48.8 Å². The van der Waals surface area contributed by atoms with Crippen molar-refractivity contribution in [2.24, 2.45) is 10.4 Å². The van der Waals surface area contributed by atoms with E-state index in [-0.39, 0.29) is 11.3 Å². The summed E-state index contributed by atoms with van der Waals surface area (Å²) < 4.78 is 1.14. The Balaban J connectivity index is 1.70. The second kappa shape index (κ2) is 7.21. The first-order valence-electron chi connectivity index (χ1n) is 8.13. The van der Waals surface area contributed by atoms with Crippen LogP contribution in [0.25, 0.3) is 0 Å². The number of carbonyl (C=O) groups is 1. The van der Waals surface area contributed by atoms with Crippen LogP contribution in [0.3, 0.4) is 0 Å². The summed E-state index contributed by atoms with van der Waals surface area (Å²) in [6.07, 6.45) is 2.89. The van der Waals surface area contributed by atoms with Crippen LogP contribution in [0.5, 0.6) is 0 Å². The molecule has 2 N–H and O–H groups in total. The van der Waals surface area contributed by atoms with Crippen LogP contribution in [0, 0.1) is 5.41 Å². The highest BCUT2D eigenvalue weighted by Gasteiger charge is 2.42. The Labute approximate surface area is 149 Å². The highest BCUT2D eigenvalue weighted by Crippen LogP contribution is 2.36. The van der Waals surface area contributed by atoms with Crippen LogP contribution in [0.1, 0.15) is 31.7 Å². The van der Waals surface area contributed by atoms with E-state index in [1.54, 1.807) is 11.3 Å². The Hall–Kier alpha value is -1.08. The highest BCUT2D eigenvalue weighted by molar-refractivity contribution is 9.11. The number of hydrogen-bond acceptors (Lipinski definition) is 3. The van der Waals surface area contributed by atoms with Gasteiger partial charge in [0, 0.05) is 38.0 Å². The monoisotopic (exact) mass is 398 g/mol. The summed E-state index contributed by atoms with van der Waals surface area (Å²) in [5.74, 6) is 1.16. The molecule has 7 heteroatoms. The van der Waals surface area contributed by atoms with Crippen molar-refractivity contribution in [3.8, 4) is 0 Å². The van der Waals surface area contributed by atoms with Crippen LogP contribution in [0.4, 0.5) is 0 Å². The summed E-state index contributed by atoms with van der Waals surface area (Å²) in [4.78, 5) is 18.8. The number of nitrogens with zero attached hydrogens (tertiary/aromatic N) is 2. The third-order valence-electron chi connectivity index (χ3n) is 4.53. The number of nitrogens with one attached hydrogen (secondary N) is 2. The van der Waals surface area contributed by atoms with E-state index in [2.05, 4.69) is 49.8 Å². The molecule has 2 saturated heterocycles. The van der Waals surface area contributed by atoms with Crippen molar-refractivity contribution in [3.05, 3.63) is 20.8 Å². The van der Waals surface area contributed by atoms with Gasteiger partial charge in [0.15, 0.2) is 5.96 Å². The number of amides is 1. The molecule has 2 aliphatic heterocycles. The average molecular weight is 399 g/mol. The first-order chi connectivity index (χ1) is 11.1. The molecule has 1 atom stereocenters. The van der Waals surface area contributed by atoms with Crippen LogP contribution in [0.2, 0.25) is 0 Å². The molecular formula is C16H23BrN4OS. The van der Waals surface area contributed by atoms with Crippen molar-refractivity contribution in [1.82, 2.24) is 15.5 Å². The molecule has 126 valence electrons. The third kappa shape index (κ3) is 4.07. The zero-order valence-corrected chi connectivity index (χ0v) is 15.8. The van der Waals surface area contributed by atoms with Crippen LogP contribution in [-0.4, -0.2) is 42.9 Å². The van der Waals surface area contributed by atoms with E-state index >= 15 is 0 Å². The van der Waals surface area contributed by atoms with Crippen molar-refractivity contribution in [3.63, 3.8) is 0 Å². The third-order valence-corrected chi connectivity index (χ3v) is 6.08. The maximum atomic E-state index is 11.7. The average Bonchev–Trinajstić information content (AvgIpc) is 3.10. The fourth-order valence-electron chi connectivity index (χ4n) is 3.45. The Morgan fingerprint density at radius 3 is 3.13 bits per heavy atom. The van der Waals surface area contributed by atoms with Crippen molar-refractivity contribution in [2.75, 3.05) is 26.2 Å². The minimum Gasteiger partial charge on any atom is -0.357 e. The summed E-state index contributed by atoms with van der Waals surface area (Å²) in [7, 11) is 0. The van der Waals surface area contributed by atoms with Gasteiger partial charge in [-0.1, -0.05) is 0 Å². The maximum absolute atomic E-state index is 11.7. The second-order valence-corrected chi connectivity index (χ2v) is 8.70. The number of guanidine groups is 1. The molecule has 1 aromatic heterocycles. The molecule has 2 aliphatic rings. The molecule has 0 saturated carbocycles. The van der Waals surface area contributed by atoms with E-state index < -0.39 is 0 Å². The second-order valence-electron chi connectivity index (χ2n) is 6.41. The van der Waals surface area contributed by atoms with Crippen molar-refractivity contribution in [1.29, 1.82) is 0 Å². The minimum atomic E-state index is 0.0942. The Bertz CT molecular complexity index is 603. The standard InChI is InChI=1S/C16H23BrN4OS/c1-2-18-15(19-8-12-6-13(17)23-9-12)21-5-3-4-16(11-21)7-14(22)20-10-16/h6,9H,2-5,7-8,10-11H2,1H3,(H,18,19)(H,20,22). The Morgan fingerprint density at radius 1 is 1.61 bits per heavy atom. The number of rotatable bonds is 3. The van der Waals surface area contributed by atoms with Crippen LogP contribution in [-0.2, 0) is 11.3 Å². The normalized spacial score (nSPS) is 25.0. The molecule has 3 heterocycles. The quantitative estimate of drug-likeness (QED) is 0.607. The van der Waals surface area contributed by atoms with Crippen LogP contribution < -0.4 is 10.6 Å². The predicted octanol–water partition coefficient (Wildman–Crippen LogP) is 2.58. The van der Waals surface area contributed by atoms with Gasteiger partial charge in [-0.3, -0.25) is 4.79 Å². The van der Waals surface area contributed by atoms with Crippen molar-refractivity contribution >= 4 is 39.1 Å². The molecule has 0 radical (unpaired) electrons. The predicted molar refractivity (Wildman–Crippen MR) is 97.7 cm³/mol. The van der Waals surface area contributed by atoms with Gasteiger partial charge < -0.3 is 15.5 Å². The van der Waals surface area contributed by atoms with E-state index in [1.807, 2.05) is 0 Å². The molecule has 0 aromatic carbocycles. The number of likely N-dealkylation sites (tertiary alicyclic amines) is 1. The summed E-state index contributed by atoms with van der Waals surface area (Å²) in [6.45, 7) is 6.36. The topological polar surface area (TPSA) is 56.7 Å². The number of hydrogen-bond donors (Lipinski definition) is 2. The number of aliphatic imine (C=N–C) groups is 1. The fraction of sp³-hybridized carbons (Fsp3) is 0.625. The summed E-state index contributed by atoms with van der Waals surface area (Å²) in [6, 6.07) is 2.12. The lowest BCUT2D eigenvalue weighted by molar-refractivity contribution is -0.119. The molecule has 5 nitrogen and oxygen atoms in total. The maximum Gasteiger partial charge on any atom is 0.220 e. The molecule has 1 amide bonds. The lowest BCUT2D eigenvalue weighted by atomic mass is 9.79. The van der Waals surface area contributed by atoms with Gasteiger partial charge in [0.25, 0.3) is 0 Å². The summed E-state index contributed by atoms with van der Waals surface area (Å²) in [5, 5.41) is 8.54. The van der Waals surface area contributed by atoms with Crippen molar-refractivity contribution < 1.29 is 4.79 Å². The molecule has 2 fully saturated rings. The molecule has 0 bridgehead atoms. The van der Waals surface area contributed by atoms with Gasteiger partial charge in [0.1, 0.15) is 0 Å². The molecule has 1 spiro atoms. The smallest absolute Gasteiger partial charge is 0.220 e. The van der Waals surface area contributed by atoms with E-state index in [4.69, 9.17) is 4.99 Å². The number of piperidine rings is 1. The van der Waals surface area contributed by atoms with Gasteiger partial charge in [-0.05, 0) is 52.7 Å². The minimum absolute atomic E-state index is 0.0942. The van der Waals surface area contributed by atoms with Gasteiger partial charge in [-0.2, -0.15) is 0 Å².